The van der Waals surface area contributed by atoms with Crippen LogP contribution < -0.4 is 14.4 Å². The SMILES string of the molecule is CCCCNC(=O)C(Cc1ccccc1)N(Cc1cccc(OC)c1)C(=O)CN(c1cc(C(F)(F)F)ccc1Cl)S(=O)(=O)c1ccccc1. The van der Waals surface area contributed by atoms with E-state index < -0.39 is 51.9 Å². The number of halogens is 4. The molecule has 49 heavy (non-hydrogen) atoms. The number of ether oxygens (including phenoxy) is 1. The Morgan fingerprint density at radius 2 is 1.55 bits per heavy atom. The lowest BCUT2D eigenvalue weighted by molar-refractivity contribution is -0.140. The van der Waals surface area contributed by atoms with Crippen LogP contribution in [0.4, 0.5) is 18.9 Å². The number of rotatable bonds is 15. The summed E-state index contributed by atoms with van der Waals surface area (Å²) in [6.07, 6.45) is -3.27. The van der Waals surface area contributed by atoms with Crippen molar-refractivity contribution >= 4 is 39.1 Å². The van der Waals surface area contributed by atoms with E-state index >= 15 is 0 Å². The fraction of sp³-hybridized carbons (Fsp3) is 0.278. The zero-order chi connectivity index (χ0) is 35.6. The molecule has 0 spiro atoms. The Morgan fingerprint density at radius 1 is 0.898 bits per heavy atom. The molecule has 1 atom stereocenters. The van der Waals surface area contributed by atoms with Gasteiger partial charge in [0.25, 0.3) is 10.0 Å². The van der Waals surface area contributed by atoms with E-state index in [1.807, 2.05) is 13.0 Å². The normalized spacial score (nSPS) is 12.2. The van der Waals surface area contributed by atoms with Gasteiger partial charge in [0.1, 0.15) is 18.3 Å². The molecule has 0 aliphatic heterocycles. The van der Waals surface area contributed by atoms with Gasteiger partial charge in [-0.1, -0.05) is 85.6 Å². The number of sulfonamides is 1. The highest BCUT2D eigenvalue weighted by Crippen LogP contribution is 2.37. The van der Waals surface area contributed by atoms with Crippen molar-refractivity contribution in [2.45, 2.75) is 49.8 Å². The molecule has 4 rings (SSSR count). The molecule has 13 heteroatoms. The third-order valence-corrected chi connectivity index (χ3v) is 9.83. The summed E-state index contributed by atoms with van der Waals surface area (Å²) in [5.74, 6) is -0.827. The Bertz CT molecular complexity index is 1830. The van der Waals surface area contributed by atoms with E-state index in [9.17, 15) is 31.2 Å². The molecule has 0 heterocycles. The molecule has 0 saturated heterocycles. The lowest BCUT2D eigenvalue weighted by Crippen LogP contribution is -2.53. The number of amides is 2. The van der Waals surface area contributed by atoms with Gasteiger partial charge in [-0.2, -0.15) is 13.2 Å². The summed E-state index contributed by atoms with van der Waals surface area (Å²) < 4.78 is 75.8. The van der Waals surface area contributed by atoms with Crippen LogP contribution in [0, 0.1) is 0 Å². The van der Waals surface area contributed by atoms with Gasteiger partial charge in [-0.25, -0.2) is 8.42 Å². The van der Waals surface area contributed by atoms with Crippen LogP contribution in [0.15, 0.2) is 108 Å². The van der Waals surface area contributed by atoms with Crippen LogP contribution in [0.1, 0.15) is 36.5 Å². The smallest absolute Gasteiger partial charge is 0.416 e. The van der Waals surface area contributed by atoms with Crippen molar-refractivity contribution in [2.75, 3.05) is 24.5 Å². The summed E-state index contributed by atoms with van der Waals surface area (Å²) in [6, 6.07) is 23.9. The van der Waals surface area contributed by atoms with Gasteiger partial charge in [0, 0.05) is 19.5 Å². The molecule has 260 valence electrons. The summed E-state index contributed by atoms with van der Waals surface area (Å²) in [7, 11) is -3.18. The van der Waals surface area contributed by atoms with Crippen molar-refractivity contribution in [1.29, 1.82) is 0 Å². The van der Waals surface area contributed by atoms with Crippen LogP contribution in [0.5, 0.6) is 5.75 Å². The quantitative estimate of drug-likeness (QED) is 0.132. The maximum absolute atomic E-state index is 14.6. The highest BCUT2D eigenvalue weighted by Gasteiger charge is 2.37. The maximum Gasteiger partial charge on any atom is 0.416 e. The number of methoxy groups -OCH3 is 1. The zero-order valence-corrected chi connectivity index (χ0v) is 28.6. The Morgan fingerprint density at radius 3 is 2.18 bits per heavy atom. The maximum atomic E-state index is 14.6. The second kappa shape index (κ2) is 16.7. The van der Waals surface area contributed by atoms with Crippen LogP contribution >= 0.6 is 11.6 Å². The molecular formula is C36H37ClF3N3O5S. The topological polar surface area (TPSA) is 96.0 Å². The van der Waals surface area contributed by atoms with E-state index in [2.05, 4.69) is 5.32 Å². The molecule has 8 nitrogen and oxygen atoms in total. The van der Waals surface area contributed by atoms with Crippen LogP contribution in [-0.4, -0.2) is 51.4 Å². The summed E-state index contributed by atoms with van der Waals surface area (Å²) in [6.45, 7) is 1.20. The van der Waals surface area contributed by atoms with Gasteiger partial charge in [-0.15, -0.1) is 0 Å². The minimum Gasteiger partial charge on any atom is -0.497 e. The van der Waals surface area contributed by atoms with E-state index in [1.165, 1.54) is 36.3 Å². The van der Waals surface area contributed by atoms with Gasteiger partial charge in [0.2, 0.25) is 11.8 Å². The highest BCUT2D eigenvalue weighted by atomic mass is 35.5. The number of alkyl halides is 3. The van der Waals surface area contributed by atoms with E-state index in [0.717, 1.165) is 24.1 Å². The molecule has 0 aliphatic rings. The molecule has 0 aromatic heterocycles. The zero-order valence-electron chi connectivity index (χ0n) is 27.0. The summed E-state index contributed by atoms with van der Waals surface area (Å²) in [5.41, 5.74) is -0.391. The predicted octanol–water partition coefficient (Wildman–Crippen LogP) is 7.12. The van der Waals surface area contributed by atoms with Gasteiger partial charge < -0.3 is 15.0 Å². The second-order valence-corrected chi connectivity index (χ2v) is 13.5. The van der Waals surface area contributed by atoms with E-state index in [-0.39, 0.29) is 22.9 Å². The number of nitrogens with one attached hydrogen (secondary N) is 1. The molecule has 1 unspecified atom stereocenters. The van der Waals surface area contributed by atoms with Gasteiger partial charge >= 0.3 is 6.18 Å². The molecule has 4 aromatic rings. The van der Waals surface area contributed by atoms with Crippen molar-refractivity contribution in [3.8, 4) is 5.75 Å². The Balaban J connectivity index is 1.86. The highest BCUT2D eigenvalue weighted by molar-refractivity contribution is 7.92. The Hall–Kier alpha value is -4.55. The van der Waals surface area contributed by atoms with E-state index in [4.69, 9.17) is 16.3 Å². The average molecular weight is 716 g/mol. The molecule has 4 aromatic carbocycles. The number of nitrogens with zero attached hydrogens (tertiary/aromatic N) is 2. The standard InChI is InChI=1S/C36H37ClF3N3O5S/c1-3-4-20-41-35(45)33(22-26-12-7-5-8-13-26)42(24-27-14-11-15-29(21-27)48-2)34(44)25-43(49(46,47)30-16-9-6-10-17-30)32-23-28(36(38,39)40)18-19-31(32)37/h5-19,21,23,33H,3-4,20,22,24-25H2,1-2H3,(H,41,45). The first-order chi connectivity index (χ1) is 23.3. The first-order valence-corrected chi connectivity index (χ1v) is 17.4. The average Bonchev–Trinajstić information content (AvgIpc) is 3.09. The lowest BCUT2D eigenvalue weighted by Gasteiger charge is -2.34. The van der Waals surface area contributed by atoms with Crippen molar-refractivity contribution in [2.24, 2.45) is 0 Å². The number of unbranched alkanes of at least 4 members (excludes halogenated alkanes) is 1. The van der Waals surface area contributed by atoms with Crippen molar-refractivity contribution < 1.29 is 35.9 Å². The fourth-order valence-corrected chi connectivity index (χ4v) is 6.86. The number of hydrogen-bond donors (Lipinski definition) is 1. The molecular weight excluding hydrogens is 679 g/mol. The first-order valence-electron chi connectivity index (χ1n) is 15.5. The first kappa shape index (κ1) is 37.3. The predicted molar refractivity (Wildman–Crippen MR) is 183 cm³/mol. The minimum absolute atomic E-state index is 0.0737. The third-order valence-electron chi connectivity index (χ3n) is 7.74. The number of hydrogen-bond acceptors (Lipinski definition) is 5. The number of benzene rings is 4. The van der Waals surface area contributed by atoms with Gasteiger partial charge in [0.15, 0.2) is 0 Å². The molecule has 2 amide bonds. The second-order valence-electron chi connectivity index (χ2n) is 11.2. The van der Waals surface area contributed by atoms with Crippen molar-refractivity contribution in [3.05, 3.63) is 125 Å². The Labute approximate surface area is 289 Å². The van der Waals surface area contributed by atoms with E-state index in [1.54, 1.807) is 54.6 Å². The minimum atomic E-state index is -4.83. The fourth-order valence-electron chi connectivity index (χ4n) is 5.14. The van der Waals surface area contributed by atoms with Gasteiger partial charge in [-0.3, -0.25) is 13.9 Å². The third kappa shape index (κ3) is 9.76. The Kier molecular flexibility index (Phi) is 12.7. The van der Waals surface area contributed by atoms with Crippen LogP contribution in [0.25, 0.3) is 0 Å². The summed E-state index contributed by atoms with van der Waals surface area (Å²) in [4.78, 5) is 29.4. The molecule has 0 fully saturated rings. The molecule has 1 N–H and O–H groups in total. The van der Waals surface area contributed by atoms with Gasteiger partial charge in [0.05, 0.1) is 28.3 Å². The molecule has 0 bridgehead atoms. The van der Waals surface area contributed by atoms with Crippen molar-refractivity contribution in [3.63, 3.8) is 0 Å². The van der Waals surface area contributed by atoms with Gasteiger partial charge in [-0.05, 0) is 60.0 Å². The van der Waals surface area contributed by atoms with E-state index in [0.29, 0.717) is 34.7 Å². The van der Waals surface area contributed by atoms with Crippen LogP contribution in [-0.2, 0) is 38.8 Å². The summed E-state index contributed by atoms with van der Waals surface area (Å²) in [5, 5.41) is 2.56. The number of carbonyl (C=O) groups excluding carboxylic acids is 2. The van der Waals surface area contributed by atoms with Crippen LogP contribution in [0.2, 0.25) is 5.02 Å². The molecule has 0 saturated carbocycles. The van der Waals surface area contributed by atoms with Crippen LogP contribution in [0.3, 0.4) is 0 Å². The molecule has 0 aliphatic carbocycles. The van der Waals surface area contributed by atoms with Crippen molar-refractivity contribution in [1.82, 2.24) is 10.2 Å². The number of anilines is 1. The molecule has 0 radical (unpaired) electrons. The lowest BCUT2D eigenvalue weighted by atomic mass is 10.0. The number of carbonyl (C=O) groups is 2. The largest absolute Gasteiger partial charge is 0.497 e. The monoisotopic (exact) mass is 715 g/mol. The summed E-state index contributed by atoms with van der Waals surface area (Å²) >= 11 is 6.38.